The van der Waals surface area contributed by atoms with Crippen molar-refractivity contribution in [2.45, 2.75) is 6.92 Å². The summed E-state index contributed by atoms with van der Waals surface area (Å²) in [7, 11) is 0. The van der Waals surface area contributed by atoms with Gasteiger partial charge in [-0.05, 0) is 36.8 Å². The number of aryl methyl sites for hydroxylation is 1. The zero-order valence-corrected chi connectivity index (χ0v) is 10.4. The van der Waals surface area contributed by atoms with E-state index in [0.29, 0.717) is 16.5 Å². The molecule has 0 amide bonds. The molecule has 0 aliphatic rings. The third-order valence-corrected chi connectivity index (χ3v) is 2.71. The molecule has 18 heavy (non-hydrogen) atoms. The summed E-state index contributed by atoms with van der Waals surface area (Å²) in [4.78, 5) is 14.9. The second-order valence-corrected chi connectivity index (χ2v) is 4.25. The van der Waals surface area contributed by atoms with Crippen LogP contribution in [0.2, 0.25) is 5.02 Å². The van der Waals surface area contributed by atoms with Crippen LogP contribution in [0.15, 0.2) is 36.5 Å². The monoisotopic (exact) mass is 262 g/mol. The molecular formula is C13H11ClN2O2. The first-order chi connectivity index (χ1) is 8.56. The molecule has 0 radical (unpaired) electrons. The zero-order chi connectivity index (χ0) is 13.1. The number of halogens is 1. The Morgan fingerprint density at radius 3 is 2.78 bits per heavy atom. The van der Waals surface area contributed by atoms with E-state index in [1.54, 1.807) is 0 Å². The summed E-state index contributed by atoms with van der Waals surface area (Å²) < 4.78 is 0. The number of hydrogen-bond donors (Lipinski definition) is 2. The Bertz CT molecular complexity index is 599. The van der Waals surface area contributed by atoms with Gasteiger partial charge < -0.3 is 10.4 Å². The summed E-state index contributed by atoms with van der Waals surface area (Å²) in [5.41, 5.74) is 1.92. The second kappa shape index (κ2) is 5.06. The normalized spacial score (nSPS) is 10.1. The molecular weight excluding hydrogens is 252 g/mol. The fourth-order valence-electron chi connectivity index (χ4n) is 1.49. The molecule has 2 N–H and O–H groups in total. The lowest BCUT2D eigenvalue weighted by Crippen LogP contribution is -2.00. The SMILES string of the molecule is Cc1ccc(Nc2cc(C(=O)O)ccn2)c(Cl)c1. The van der Waals surface area contributed by atoms with Crippen molar-refractivity contribution in [1.29, 1.82) is 0 Å². The highest BCUT2D eigenvalue weighted by Gasteiger charge is 2.06. The van der Waals surface area contributed by atoms with Gasteiger partial charge in [0.25, 0.3) is 0 Å². The smallest absolute Gasteiger partial charge is 0.335 e. The molecule has 5 heteroatoms. The van der Waals surface area contributed by atoms with Crippen LogP contribution < -0.4 is 5.32 Å². The van der Waals surface area contributed by atoms with Crippen LogP contribution in [0, 0.1) is 6.92 Å². The summed E-state index contributed by atoms with van der Waals surface area (Å²) in [6.45, 7) is 1.94. The van der Waals surface area contributed by atoms with Crippen molar-refractivity contribution in [3.05, 3.63) is 52.7 Å². The number of carbonyl (C=O) groups is 1. The van der Waals surface area contributed by atoms with Gasteiger partial charge in [-0.15, -0.1) is 0 Å². The summed E-state index contributed by atoms with van der Waals surface area (Å²) in [5, 5.41) is 12.4. The molecule has 1 aromatic carbocycles. The topological polar surface area (TPSA) is 62.2 Å². The molecule has 0 aliphatic carbocycles. The number of aromatic carboxylic acids is 1. The van der Waals surface area contributed by atoms with Gasteiger partial charge in [-0.3, -0.25) is 0 Å². The van der Waals surface area contributed by atoms with Gasteiger partial charge in [0.15, 0.2) is 0 Å². The predicted octanol–water partition coefficient (Wildman–Crippen LogP) is 3.49. The minimum absolute atomic E-state index is 0.177. The summed E-state index contributed by atoms with van der Waals surface area (Å²) in [6.07, 6.45) is 1.44. The van der Waals surface area contributed by atoms with Gasteiger partial charge in [0.2, 0.25) is 0 Å². The van der Waals surface area contributed by atoms with E-state index in [2.05, 4.69) is 10.3 Å². The molecule has 0 saturated carbocycles. The Balaban J connectivity index is 2.28. The van der Waals surface area contributed by atoms with Gasteiger partial charge in [-0.25, -0.2) is 9.78 Å². The molecule has 2 aromatic rings. The summed E-state index contributed by atoms with van der Waals surface area (Å²) in [6, 6.07) is 8.45. The molecule has 2 rings (SSSR count). The van der Waals surface area contributed by atoms with E-state index in [1.165, 1.54) is 18.3 Å². The number of anilines is 2. The first-order valence-electron chi connectivity index (χ1n) is 5.29. The number of hydrogen-bond acceptors (Lipinski definition) is 3. The van der Waals surface area contributed by atoms with Crippen molar-refractivity contribution in [3.63, 3.8) is 0 Å². The number of nitrogens with one attached hydrogen (secondary N) is 1. The van der Waals surface area contributed by atoms with Gasteiger partial charge in [0, 0.05) is 6.20 Å². The van der Waals surface area contributed by atoms with Crippen LogP contribution in [-0.4, -0.2) is 16.1 Å². The molecule has 92 valence electrons. The summed E-state index contributed by atoms with van der Waals surface area (Å²) >= 11 is 6.08. The molecule has 0 spiro atoms. The maximum absolute atomic E-state index is 10.8. The van der Waals surface area contributed by atoms with Crippen LogP contribution in [-0.2, 0) is 0 Å². The highest BCUT2D eigenvalue weighted by molar-refractivity contribution is 6.33. The lowest BCUT2D eigenvalue weighted by Gasteiger charge is -2.08. The molecule has 0 bridgehead atoms. The number of carboxylic acids is 1. The van der Waals surface area contributed by atoms with Crippen molar-refractivity contribution in [3.8, 4) is 0 Å². The van der Waals surface area contributed by atoms with E-state index in [9.17, 15) is 4.79 Å². The van der Waals surface area contributed by atoms with Crippen molar-refractivity contribution >= 4 is 29.1 Å². The number of benzene rings is 1. The van der Waals surface area contributed by atoms with Crippen LogP contribution in [0.1, 0.15) is 15.9 Å². The second-order valence-electron chi connectivity index (χ2n) is 3.84. The molecule has 0 aliphatic heterocycles. The van der Waals surface area contributed by atoms with Gasteiger partial charge in [-0.1, -0.05) is 17.7 Å². The van der Waals surface area contributed by atoms with Gasteiger partial charge in [-0.2, -0.15) is 0 Å². The maximum atomic E-state index is 10.8. The Morgan fingerprint density at radius 1 is 1.33 bits per heavy atom. The largest absolute Gasteiger partial charge is 0.478 e. The first-order valence-corrected chi connectivity index (χ1v) is 5.66. The number of pyridine rings is 1. The Morgan fingerprint density at radius 2 is 2.11 bits per heavy atom. The van der Waals surface area contributed by atoms with Crippen molar-refractivity contribution in [1.82, 2.24) is 4.98 Å². The van der Waals surface area contributed by atoms with E-state index in [1.807, 2.05) is 25.1 Å². The minimum atomic E-state index is -0.990. The number of carboxylic acid groups (broad SMARTS) is 1. The molecule has 1 aromatic heterocycles. The van der Waals surface area contributed by atoms with Crippen LogP contribution in [0.3, 0.4) is 0 Å². The van der Waals surface area contributed by atoms with Crippen LogP contribution >= 0.6 is 11.6 Å². The van der Waals surface area contributed by atoms with Crippen molar-refractivity contribution < 1.29 is 9.90 Å². The van der Waals surface area contributed by atoms with E-state index in [0.717, 1.165) is 5.56 Å². The van der Waals surface area contributed by atoms with Crippen LogP contribution in [0.5, 0.6) is 0 Å². The highest BCUT2D eigenvalue weighted by atomic mass is 35.5. The van der Waals surface area contributed by atoms with Gasteiger partial charge in [0.05, 0.1) is 16.3 Å². The maximum Gasteiger partial charge on any atom is 0.335 e. The van der Waals surface area contributed by atoms with Crippen molar-refractivity contribution in [2.75, 3.05) is 5.32 Å². The zero-order valence-electron chi connectivity index (χ0n) is 9.64. The number of nitrogens with zero attached hydrogens (tertiary/aromatic N) is 1. The van der Waals surface area contributed by atoms with Crippen LogP contribution in [0.25, 0.3) is 0 Å². The molecule has 0 fully saturated rings. The average Bonchev–Trinajstić information content (AvgIpc) is 2.33. The van der Waals surface area contributed by atoms with Gasteiger partial charge in [0.1, 0.15) is 5.82 Å². The Kier molecular flexibility index (Phi) is 3.48. The van der Waals surface area contributed by atoms with Crippen molar-refractivity contribution in [2.24, 2.45) is 0 Å². The highest BCUT2D eigenvalue weighted by Crippen LogP contribution is 2.25. The number of rotatable bonds is 3. The molecule has 4 nitrogen and oxygen atoms in total. The van der Waals surface area contributed by atoms with E-state index in [4.69, 9.17) is 16.7 Å². The van der Waals surface area contributed by atoms with E-state index < -0.39 is 5.97 Å². The third-order valence-electron chi connectivity index (χ3n) is 2.39. The fourth-order valence-corrected chi connectivity index (χ4v) is 1.77. The molecule has 0 saturated heterocycles. The standard InChI is InChI=1S/C13H11ClN2O2/c1-8-2-3-11(10(14)6-8)16-12-7-9(13(17)18)4-5-15-12/h2-7H,1H3,(H,15,16)(H,17,18). The van der Waals surface area contributed by atoms with E-state index >= 15 is 0 Å². The number of aromatic nitrogens is 1. The molecule has 1 heterocycles. The molecule has 0 atom stereocenters. The van der Waals surface area contributed by atoms with E-state index in [-0.39, 0.29) is 5.56 Å². The Labute approximate surface area is 109 Å². The van der Waals surface area contributed by atoms with Gasteiger partial charge >= 0.3 is 5.97 Å². The van der Waals surface area contributed by atoms with Crippen LogP contribution in [0.4, 0.5) is 11.5 Å². The third kappa shape index (κ3) is 2.78. The average molecular weight is 263 g/mol. The first kappa shape index (κ1) is 12.4. The fraction of sp³-hybridized carbons (Fsp3) is 0.0769. The lowest BCUT2D eigenvalue weighted by atomic mass is 10.2. The summed E-state index contributed by atoms with van der Waals surface area (Å²) in [5.74, 6) is -0.545. The quantitative estimate of drug-likeness (QED) is 0.889. The predicted molar refractivity (Wildman–Crippen MR) is 70.7 cm³/mol. The Hall–Kier alpha value is -2.07. The molecule has 0 unspecified atom stereocenters. The lowest BCUT2D eigenvalue weighted by molar-refractivity contribution is 0.0697. The minimum Gasteiger partial charge on any atom is -0.478 e.